The molecule has 2 amide bonds. The van der Waals surface area contributed by atoms with Crippen LogP contribution in [0.1, 0.15) is 46.2 Å². The summed E-state index contributed by atoms with van der Waals surface area (Å²) in [7, 11) is 1.57. The molecular formula is C21H21ClN4O2. The van der Waals surface area contributed by atoms with Gasteiger partial charge < -0.3 is 10.6 Å². The minimum Gasteiger partial charge on any atom is -0.355 e. The number of nitrogens with zero attached hydrogens (tertiary/aromatic N) is 2. The summed E-state index contributed by atoms with van der Waals surface area (Å²) < 4.78 is 1.75. The molecule has 0 unspecified atom stereocenters. The highest BCUT2D eigenvalue weighted by molar-refractivity contribution is 6.30. The number of anilines is 1. The largest absolute Gasteiger partial charge is 0.355 e. The Kier molecular flexibility index (Phi) is 5.80. The molecule has 6 nitrogen and oxygen atoms in total. The zero-order valence-corrected chi connectivity index (χ0v) is 16.6. The molecule has 0 aliphatic heterocycles. The van der Waals surface area contributed by atoms with Crippen LogP contribution >= 0.6 is 11.6 Å². The number of rotatable bonds is 5. The number of halogens is 1. The van der Waals surface area contributed by atoms with Crippen LogP contribution in [0.5, 0.6) is 0 Å². The predicted octanol–water partition coefficient (Wildman–Crippen LogP) is 4.26. The van der Waals surface area contributed by atoms with E-state index in [0.717, 1.165) is 11.4 Å². The van der Waals surface area contributed by atoms with Gasteiger partial charge in [-0.15, -0.1) is 0 Å². The summed E-state index contributed by atoms with van der Waals surface area (Å²) in [5.41, 5.74) is 3.27. The van der Waals surface area contributed by atoms with Gasteiger partial charge in [-0.1, -0.05) is 25.4 Å². The predicted molar refractivity (Wildman–Crippen MR) is 110 cm³/mol. The SMILES string of the molecule is CNC(=O)c1ccc(NC(=O)c2cnn(-c3ccc(Cl)cc3)c2C(C)C)cc1. The maximum atomic E-state index is 12.8. The molecule has 1 aromatic heterocycles. The lowest BCUT2D eigenvalue weighted by Gasteiger charge is -2.13. The maximum absolute atomic E-state index is 12.8. The van der Waals surface area contributed by atoms with Crippen molar-refractivity contribution in [2.45, 2.75) is 19.8 Å². The van der Waals surface area contributed by atoms with Gasteiger partial charge >= 0.3 is 0 Å². The zero-order valence-electron chi connectivity index (χ0n) is 15.9. The quantitative estimate of drug-likeness (QED) is 0.676. The summed E-state index contributed by atoms with van der Waals surface area (Å²) in [5, 5.41) is 10.5. The van der Waals surface area contributed by atoms with Crippen molar-refractivity contribution in [3.8, 4) is 5.69 Å². The van der Waals surface area contributed by atoms with Crippen molar-refractivity contribution >= 4 is 29.1 Å². The highest BCUT2D eigenvalue weighted by atomic mass is 35.5. The molecule has 0 saturated carbocycles. The fourth-order valence-electron chi connectivity index (χ4n) is 2.92. The number of nitrogens with one attached hydrogen (secondary N) is 2. The van der Waals surface area contributed by atoms with E-state index in [4.69, 9.17) is 11.6 Å². The summed E-state index contributed by atoms with van der Waals surface area (Å²) in [6, 6.07) is 14.0. The van der Waals surface area contributed by atoms with E-state index in [0.29, 0.717) is 21.8 Å². The van der Waals surface area contributed by atoms with E-state index >= 15 is 0 Å². The van der Waals surface area contributed by atoms with Crippen molar-refractivity contribution < 1.29 is 9.59 Å². The molecule has 0 atom stereocenters. The van der Waals surface area contributed by atoms with Gasteiger partial charge in [0, 0.05) is 23.3 Å². The third-order valence-electron chi connectivity index (χ3n) is 4.30. The van der Waals surface area contributed by atoms with Crippen molar-refractivity contribution in [3.63, 3.8) is 0 Å². The van der Waals surface area contributed by atoms with Gasteiger partial charge in [-0.2, -0.15) is 5.10 Å². The Labute approximate surface area is 168 Å². The second kappa shape index (κ2) is 8.27. The lowest BCUT2D eigenvalue weighted by atomic mass is 10.0. The smallest absolute Gasteiger partial charge is 0.259 e. The fourth-order valence-corrected chi connectivity index (χ4v) is 3.05. The van der Waals surface area contributed by atoms with E-state index in [9.17, 15) is 9.59 Å². The number of hydrogen-bond donors (Lipinski definition) is 2. The monoisotopic (exact) mass is 396 g/mol. The molecule has 0 saturated heterocycles. The van der Waals surface area contributed by atoms with Gasteiger partial charge in [0.2, 0.25) is 0 Å². The van der Waals surface area contributed by atoms with Gasteiger partial charge in [-0.3, -0.25) is 9.59 Å². The van der Waals surface area contributed by atoms with E-state index in [-0.39, 0.29) is 17.7 Å². The molecule has 7 heteroatoms. The third-order valence-corrected chi connectivity index (χ3v) is 4.55. The topological polar surface area (TPSA) is 76.0 Å². The summed E-state index contributed by atoms with van der Waals surface area (Å²) in [4.78, 5) is 24.5. The zero-order chi connectivity index (χ0) is 20.3. The summed E-state index contributed by atoms with van der Waals surface area (Å²) in [6.45, 7) is 4.02. The molecule has 0 radical (unpaired) electrons. The van der Waals surface area contributed by atoms with Crippen LogP contribution in [0.3, 0.4) is 0 Å². The lowest BCUT2D eigenvalue weighted by Crippen LogP contribution is -2.18. The molecule has 0 aliphatic carbocycles. The van der Waals surface area contributed by atoms with E-state index in [1.54, 1.807) is 54.3 Å². The first kappa shape index (κ1) is 19.6. The second-order valence-corrected chi connectivity index (χ2v) is 7.03. The summed E-state index contributed by atoms with van der Waals surface area (Å²) >= 11 is 5.97. The van der Waals surface area contributed by atoms with Gasteiger partial charge in [0.15, 0.2) is 0 Å². The Hall–Kier alpha value is -3.12. The van der Waals surface area contributed by atoms with Crippen LogP contribution in [0.2, 0.25) is 5.02 Å². The molecule has 0 fully saturated rings. The van der Waals surface area contributed by atoms with E-state index in [2.05, 4.69) is 15.7 Å². The first-order valence-electron chi connectivity index (χ1n) is 8.88. The lowest BCUT2D eigenvalue weighted by molar-refractivity contribution is 0.0962. The Morgan fingerprint density at radius 3 is 2.21 bits per heavy atom. The van der Waals surface area contributed by atoms with Crippen LogP contribution < -0.4 is 10.6 Å². The highest BCUT2D eigenvalue weighted by Crippen LogP contribution is 2.25. The normalized spacial score (nSPS) is 10.8. The number of carbonyl (C=O) groups excluding carboxylic acids is 2. The van der Waals surface area contributed by atoms with Crippen molar-refractivity contribution in [1.82, 2.24) is 15.1 Å². The molecule has 28 heavy (non-hydrogen) atoms. The van der Waals surface area contributed by atoms with Crippen molar-refractivity contribution in [1.29, 1.82) is 0 Å². The van der Waals surface area contributed by atoms with E-state index in [1.165, 1.54) is 0 Å². The molecule has 2 N–H and O–H groups in total. The van der Waals surface area contributed by atoms with Crippen molar-refractivity contribution in [2.24, 2.45) is 0 Å². The molecule has 0 aliphatic rings. The summed E-state index contributed by atoms with van der Waals surface area (Å²) in [6.07, 6.45) is 1.57. The molecule has 3 aromatic rings. The molecule has 1 heterocycles. The molecule has 144 valence electrons. The van der Waals surface area contributed by atoms with Crippen molar-refractivity contribution in [2.75, 3.05) is 12.4 Å². The Bertz CT molecular complexity index is 992. The number of amides is 2. The molecule has 0 bridgehead atoms. The van der Waals surface area contributed by atoms with Crippen molar-refractivity contribution in [3.05, 3.63) is 76.6 Å². The number of aromatic nitrogens is 2. The minimum absolute atomic E-state index is 0.0783. The third kappa shape index (κ3) is 4.07. The molecule has 2 aromatic carbocycles. The van der Waals surface area contributed by atoms with Crippen LogP contribution in [-0.4, -0.2) is 28.6 Å². The standard InChI is InChI=1S/C21H21ClN4O2/c1-13(2)19-18(12-24-26(19)17-10-6-15(22)7-11-17)21(28)25-16-8-4-14(5-9-16)20(27)23-3/h4-13H,1-3H3,(H,23,27)(H,25,28). The number of carbonyl (C=O) groups is 2. The van der Waals surface area contributed by atoms with E-state index in [1.807, 2.05) is 26.0 Å². The first-order chi connectivity index (χ1) is 13.4. The average Bonchev–Trinajstić information content (AvgIpc) is 3.14. The molecule has 3 rings (SSSR count). The number of hydrogen-bond acceptors (Lipinski definition) is 3. The van der Waals surface area contributed by atoms with Gasteiger partial charge in [0.05, 0.1) is 23.1 Å². The van der Waals surface area contributed by atoms with Crippen LogP contribution in [0, 0.1) is 0 Å². The first-order valence-corrected chi connectivity index (χ1v) is 9.26. The van der Waals surface area contributed by atoms with E-state index < -0.39 is 0 Å². The van der Waals surface area contributed by atoms with Crippen LogP contribution in [0.15, 0.2) is 54.7 Å². The summed E-state index contributed by atoms with van der Waals surface area (Å²) in [5.74, 6) is -0.352. The average molecular weight is 397 g/mol. The van der Waals surface area contributed by atoms with Crippen LogP contribution in [-0.2, 0) is 0 Å². The van der Waals surface area contributed by atoms with Gasteiger partial charge in [-0.05, 0) is 54.4 Å². The van der Waals surface area contributed by atoms with Gasteiger partial charge in [-0.25, -0.2) is 4.68 Å². The Morgan fingerprint density at radius 2 is 1.64 bits per heavy atom. The fraction of sp³-hybridized carbons (Fsp3) is 0.190. The maximum Gasteiger partial charge on any atom is 0.259 e. The molecule has 0 spiro atoms. The molecular weight excluding hydrogens is 376 g/mol. The second-order valence-electron chi connectivity index (χ2n) is 6.60. The Morgan fingerprint density at radius 1 is 1.00 bits per heavy atom. The highest BCUT2D eigenvalue weighted by Gasteiger charge is 2.21. The van der Waals surface area contributed by atoms with Crippen LogP contribution in [0.4, 0.5) is 5.69 Å². The Balaban J connectivity index is 1.87. The van der Waals surface area contributed by atoms with Crippen LogP contribution in [0.25, 0.3) is 5.69 Å². The van der Waals surface area contributed by atoms with Gasteiger partial charge in [0.1, 0.15) is 0 Å². The minimum atomic E-state index is -0.253. The number of benzene rings is 2. The van der Waals surface area contributed by atoms with Gasteiger partial charge in [0.25, 0.3) is 11.8 Å².